The minimum absolute atomic E-state index is 0.0119. The molecule has 0 saturated carbocycles. The van der Waals surface area contributed by atoms with Crippen molar-refractivity contribution >= 4 is 0 Å². The Morgan fingerprint density at radius 2 is 1.87 bits per heavy atom. The van der Waals surface area contributed by atoms with E-state index >= 15 is 0 Å². The van der Waals surface area contributed by atoms with E-state index in [0.29, 0.717) is 6.61 Å². The van der Waals surface area contributed by atoms with Crippen molar-refractivity contribution in [1.29, 1.82) is 0 Å². The third kappa shape index (κ3) is 3.18. The van der Waals surface area contributed by atoms with Crippen LogP contribution in [-0.4, -0.2) is 6.61 Å². The second-order valence-corrected chi connectivity index (χ2v) is 3.32. The zero-order valence-electron chi connectivity index (χ0n) is 8.85. The van der Waals surface area contributed by atoms with Gasteiger partial charge in [0.25, 0.3) is 0 Å². The number of ether oxygens (including phenoxy) is 1. The lowest BCUT2D eigenvalue weighted by atomic mass is 10.1. The lowest BCUT2D eigenvalue weighted by Gasteiger charge is -2.08. The molecular formula is C12H15F2O. The molecule has 1 nitrogen and oxygen atoms in total. The number of halogens is 2. The summed E-state index contributed by atoms with van der Waals surface area (Å²) in [6.45, 7) is 5.97. The topological polar surface area (TPSA) is 9.23 Å². The molecule has 83 valence electrons. The second kappa shape index (κ2) is 5.69. The quantitative estimate of drug-likeness (QED) is 0.680. The van der Waals surface area contributed by atoms with Gasteiger partial charge in [0.05, 0.1) is 6.61 Å². The zero-order valence-corrected chi connectivity index (χ0v) is 8.85. The van der Waals surface area contributed by atoms with Crippen LogP contribution in [0.5, 0.6) is 5.75 Å². The minimum atomic E-state index is -0.587. The maximum absolute atomic E-state index is 13.3. The predicted octanol–water partition coefficient (Wildman–Crippen LogP) is 3.52. The van der Waals surface area contributed by atoms with E-state index in [0.717, 1.165) is 12.8 Å². The molecular weight excluding hydrogens is 198 g/mol. The normalized spacial score (nSPS) is 10.4. The Balaban J connectivity index is 2.75. The molecule has 0 fully saturated rings. The van der Waals surface area contributed by atoms with Crippen LogP contribution in [0.15, 0.2) is 12.1 Å². The number of hydrogen-bond acceptors (Lipinski definition) is 1. The van der Waals surface area contributed by atoms with Crippen molar-refractivity contribution in [2.24, 2.45) is 0 Å². The molecule has 0 spiro atoms. The first-order valence-electron chi connectivity index (χ1n) is 5.09. The standard InChI is InChI=1S/C12H15F2O/c1-3-5-6-15-9-7-11(13)10(4-2)12(14)8-9/h7-8H,2-6H2,1H3. The highest BCUT2D eigenvalue weighted by Crippen LogP contribution is 2.21. The van der Waals surface area contributed by atoms with Gasteiger partial charge in [0.15, 0.2) is 0 Å². The van der Waals surface area contributed by atoms with Crippen molar-refractivity contribution in [3.8, 4) is 5.75 Å². The molecule has 1 rings (SSSR count). The van der Waals surface area contributed by atoms with Gasteiger partial charge in [-0.2, -0.15) is 0 Å². The van der Waals surface area contributed by atoms with E-state index in [-0.39, 0.29) is 17.7 Å². The van der Waals surface area contributed by atoms with Crippen LogP contribution in [0.3, 0.4) is 0 Å². The fourth-order valence-corrected chi connectivity index (χ4v) is 1.24. The third-order valence-electron chi connectivity index (χ3n) is 2.13. The van der Waals surface area contributed by atoms with Gasteiger partial charge in [-0.25, -0.2) is 8.78 Å². The molecule has 1 aromatic carbocycles. The monoisotopic (exact) mass is 213 g/mol. The Labute approximate surface area is 89.1 Å². The van der Waals surface area contributed by atoms with Gasteiger partial charge in [0.2, 0.25) is 0 Å². The van der Waals surface area contributed by atoms with E-state index in [1.54, 1.807) is 0 Å². The van der Waals surface area contributed by atoms with Gasteiger partial charge in [-0.3, -0.25) is 0 Å². The van der Waals surface area contributed by atoms with Gasteiger partial charge in [-0.15, -0.1) is 0 Å². The SMILES string of the molecule is [CH2]Cc1c(F)cc(OCCCC)cc1F. The maximum Gasteiger partial charge on any atom is 0.133 e. The molecule has 0 saturated heterocycles. The van der Waals surface area contributed by atoms with E-state index in [9.17, 15) is 8.78 Å². The molecule has 0 N–H and O–H groups in total. The fourth-order valence-electron chi connectivity index (χ4n) is 1.24. The molecule has 1 aromatic rings. The fraction of sp³-hybridized carbons (Fsp3) is 0.417. The maximum atomic E-state index is 13.3. The van der Waals surface area contributed by atoms with Crippen molar-refractivity contribution in [3.05, 3.63) is 36.3 Å². The zero-order chi connectivity index (χ0) is 11.3. The molecule has 0 amide bonds. The van der Waals surface area contributed by atoms with Crippen LogP contribution in [0, 0.1) is 18.6 Å². The summed E-state index contributed by atoms with van der Waals surface area (Å²) in [6.07, 6.45) is 1.97. The smallest absolute Gasteiger partial charge is 0.133 e. The van der Waals surface area contributed by atoms with Crippen LogP contribution in [0.25, 0.3) is 0 Å². The van der Waals surface area contributed by atoms with Gasteiger partial charge in [0, 0.05) is 17.7 Å². The van der Waals surface area contributed by atoms with Crippen molar-refractivity contribution in [1.82, 2.24) is 0 Å². The first-order valence-corrected chi connectivity index (χ1v) is 5.09. The average Bonchev–Trinajstić information content (AvgIpc) is 2.18. The molecule has 0 aliphatic rings. The molecule has 3 heteroatoms. The van der Waals surface area contributed by atoms with Crippen LogP contribution >= 0.6 is 0 Å². The Hall–Kier alpha value is -1.12. The van der Waals surface area contributed by atoms with Crippen molar-refractivity contribution in [2.45, 2.75) is 26.2 Å². The Morgan fingerprint density at radius 1 is 1.27 bits per heavy atom. The molecule has 15 heavy (non-hydrogen) atoms. The highest BCUT2D eigenvalue weighted by molar-refractivity contribution is 5.30. The second-order valence-electron chi connectivity index (χ2n) is 3.32. The summed E-state index contributed by atoms with van der Waals surface area (Å²) in [7, 11) is 0. The first-order chi connectivity index (χ1) is 7.19. The van der Waals surface area contributed by atoms with Gasteiger partial charge in [-0.1, -0.05) is 13.3 Å². The predicted molar refractivity (Wildman–Crippen MR) is 55.8 cm³/mol. The lowest BCUT2D eigenvalue weighted by molar-refractivity contribution is 0.305. The summed E-state index contributed by atoms with van der Waals surface area (Å²) in [5.41, 5.74) is 0.0119. The summed E-state index contributed by atoms with van der Waals surface area (Å²) in [4.78, 5) is 0. The molecule has 0 aliphatic carbocycles. The molecule has 0 heterocycles. The molecule has 0 atom stereocenters. The minimum Gasteiger partial charge on any atom is -0.493 e. The number of unbranched alkanes of at least 4 members (excludes halogenated alkanes) is 1. The number of hydrogen-bond donors (Lipinski definition) is 0. The summed E-state index contributed by atoms with van der Waals surface area (Å²) in [5.74, 6) is -0.927. The number of benzene rings is 1. The van der Waals surface area contributed by atoms with E-state index in [2.05, 4.69) is 6.92 Å². The van der Waals surface area contributed by atoms with Crippen LogP contribution < -0.4 is 4.74 Å². The van der Waals surface area contributed by atoms with Gasteiger partial charge in [0.1, 0.15) is 17.4 Å². The summed E-state index contributed by atoms with van der Waals surface area (Å²) in [6, 6.07) is 2.42. The lowest BCUT2D eigenvalue weighted by Crippen LogP contribution is -2.00. The van der Waals surface area contributed by atoms with Crippen molar-refractivity contribution in [3.63, 3.8) is 0 Å². The van der Waals surface area contributed by atoms with Gasteiger partial charge < -0.3 is 4.74 Å². The molecule has 1 radical (unpaired) electrons. The van der Waals surface area contributed by atoms with Crippen molar-refractivity contribution < 1.29 is 13.5 Å². The summed E-state index contributed by atoms with van der Waals surface area (Å²) >= 11 is 0. The molecule has 0 unspecified atom stereocenters. The molecule has 0 bridgehead atoms. The Bertz CT molecular complexity index is 300. The van der Waals surface area contributed by atoms with E-state index in [1.807, 2.05) is 6.92 Å². The Morgan fingerprint density at radius 3 is 2.33 bits per heavy atom. The van der Waals surface area contributed by atoms with Gasteiger partial charge >= 0.3 is 0 Å². The van der Waals surface area contributed by atoms with Crippen LogP contribution in [0.1, 0.15) is 25.3 Å². The highest BCUT2D eigenvalue weighted by Gasteiger charge is 2.09. The molecule has 0 aliphatic heterocycles. The number of rotatable bonds is 5. The van der Waals surface area contributed by atoms with Crippen molar-refractivity contribution in [2.75, 3.05) is 6.61 Å². The van der Waals surface area contributed by atoms with Crippen LogP contribution in [0.2, 0.25) is 0 Å². The third-order valence-corrected chi connectivity index (χ3v) is 2.13. The first kappa shape index (κ1) is 12.0. The summed E-state index contributed by atoms with van der Waals surface area (Å²) in [5, 5.41) is 0. The summed E-state index contributed by atoms with van der Waals surface area (Å²) < 4.78 is 31.7. The van der Waals surface area contributed by atoms with E-state index in [4.69, 9.17) is 4.74 Å². The van der Waals surface area contributed by atoms with Gasteiger partial charge in [-0.05, 0) is 19.8 Å². The Kier molecular flexibility index (Phi) is 4.53. The van der Waals surface area contributed by atoms with E-state index in [1.165, 1.54) is 12.1 Å². The highest BCUT2D eigenvalue weighted by atomic mass is 19.1. The van der Waals surface area contributed by atoms with Crippen LogP contribution in [-0.2, 0) is 6.42 Å². The van der Waals surface area contributed by atoms with Crippen LogP contribution in [0.4, 0.5) is 8.78 Å². The average molecular weight is 213 g/mol. The molecule has 0 aromatic heterocycles. The largest absolute Gasteiger partial charge is 0.493 e. The van der Waals surface area contributed by atoms with E-state index < -0.39 is 11.6 Å².